The monoisotopic (exact) mass is 239 g/mol. The van der Waals surface area contributed by atoms with Crippen LogP contribution in [0.1, 0.15) is 50.2 Å². The van der Waals surface area contributed by atoms with Crippen molar-refractivity contribution in [3.8, 4) is 0 Å². The number of furan rings is 1. The average molecular weight is 239 g/mol. The lowest BCUT2D eigenvalue weighted by Gasteiger charge is -2.01. The predicted molar refractivity (Wildman–Crippen MR) is 70.0 cm³/mol. The van der Waals surface area contributed by atoms with Crippen molar-refractivity contribution in [2.45, 2.75) is 53.2 Å². The van der Waals surface area contributed by atoms with Crippen molar-refractivity contribution in [2.75, 3.05) is 13.2 Å². The Balaban J connectivity index is 2.29. The van der Waals surface area contributed by atoms with E-state index in [4.69, 9.17) is 9.15 Å². The van der Waals surface area contributed by atoms with Crippen LogP contribution in [0.5, 0.6) is 0 Å². The van der Waals surface area contributed by atoms with E-state index in [1.165, 1.54) is 18.4 Å². The van der Waals surface area contributed by atoms with Crippen LogP contribution in [0.25, 0.3) is 0 Å². The van der Waals surface area contributed by atoms with E-state index in [9.17, 15) is 0 Å². The molecule has 0 amide bonds. The standard InChI is InChI=1S/C14H25NO2/c1-4-6-7-8-16-11-13-9-14(10-15-5-2)17-12(13)3/h9,15H,4-8,10-11H2,1-3H3. The third-order valence-electron chi connectivity index (χ3n) is 2.77. The van der Waals surface area contributed by atoms with E-state index in [2.05, 4.69) is 25.2 Å². The molecule has 1 N–H and O–H groups in total. The Morgan fingerprint density at radius 3 is 2.82 bits per heavy atom. The van der Waals surface area contributed by atoms with E-state index in [-0.39, 0.29) is 0 Å². The van der Waals surface area contributed by atoms with Gasteiger partial charge in [0.15, 0.2) is 0 Å². The highest BCUT2D eigenvalue weighted by atomic mass is 16.5. The maximum absolute atomic E-state index is 5.65. The molecule has 0 saturated heterocycles. The van der Waals surface area contributed by atoms with Crippen molar-refractivity contribution in [3.05, 3.63) is 23.2 Å². The molecule has 3 heteroatoms. The molecular formula is C14H25NO2. The summed E-state index contributed by atoms with van der Waals surface area (Å²) < 4.78 is 11.3. The van der Waals surface area contributed by atoms with Crippen LogP contribution in [0.15, 0.2) is 10.5 Å². The highest BCUT2D eigenvalue weighted by Crippen LogP contribution is 2.15. The van der Waals surface area contributed by atoms with E-state index < -0.39 is 0 Å². The van der Waals surface area contributed by atoms with Crippen molar-refractivity contribution < 1.29 is 9.15 Å². The summed E-state index contributed by atoms with van der Waals surface area (Å²) in [6.07, 6.45) is 3.63. The molecule has 17 heavy (non-hydrogen) atoms. The molecule has 0 fully saturated rings. The van der Waals surface area contributed by atoms with Gasteiger partial charge in [-0.1, -0.05) is 26.7 Å². The highest BCUT2D eigenvalue weighted by molar-refractivity contribution is 5.19. The molecule has 0 spiro atoms. The summed E-state index contributed by atoms with van der Waals surface area (Å²) in [7, 11) is 0. The molecular weight excluding hydrogens is 214 g/mol. The molecule has 1 aromatic heterocycles. The summed E-state index contributed by atoms with van der Waals surface area (Å²) in [6.45, 7) is 9.57. The Labute approximate surface area is 105 Å². The summed E-state index contributed by atoms with van der Waals surface area (Å²) in [5.74, 6) is 1.98. The van der Waals surface area contributed by atoms with Crippen LogP contribution in [0, 0.1) is 6.92 Å². The van der Waals surface area contributed by atoms with Gasteiger partial charge in [-0.15, -0.1) is 0 Å². The van der Waals surface area contributed by atoms with Gasteiger partial charge in [0.05, 0.1) is 13.2 Å². The van der Waals surface area contributed by atoms with Crippen LogP contribution >= 0.6 is 0 Å². The predicted octanol–water partition coefficient (Wildman–Crippen LogP) is 3.40. The van der Waals surface area contributed by atoms with E-state index in [0.717, 1.165) is 37.6 Å². The third kappa shape index (κ3) is 5.37. The molecule has 0 aliphatic rings. The maximum atomic E-state index is 5.65. The van der Waals surface area contributed by atoms with Gasteiger partial charge in [0.25, 0.3) is 0 Å². The van der Waals surface area contributed by atoms with Crippen molar-refractivity contribution in [3.63, 3.8) is 0 Å². The molecule has 3 nitrogen and oxygen atoms in total. The van der Waals surface area contributed by atoms with Crippen LogP contribution in [-0.4, -0.2) is 13.2 Å². The van der Waals surface area contributed by atoms with Crippen LogP contribution in [0.3, 0.4) is 0 Å². The zero-order chi connectivity index (χ0) is 12.5. The fraction of sp³-hybridized carbons (Fsp3) is 0.714. The van der Waals surface area contributed by atoms with Crippen molar-refractivity contribution in [2.24, 2.45) is 0 Å². The summed E-state index contributed by atoms with van der Waals surface area (Å²) in [4.78, 5) is 0. The second-order valence-electron chi connectivity index (χ2n) is 4.33. The minimum Gasteiger partial charge on any atom is -0.465 e. The number of nitrogens with one attached hydrogen (secondary N) is 1. The molecule has 0 saturated carbocycles. The Morgan fingerprint density at radius 1 is 1.29 bits per heavy atom. The minimum absolute atomic E-state index is 0.672. The zero-order valence-electron chi connectivity index (χ0n) is 11.3. The number of aryl methyl sites for hydroxylation is 1. The quantitative estimate of drug-likeness (QED) is 0.671. The van der Waals surface area contributed by atoms with E-state index in [0.29, 0.717) is 6.61 Å². The highest BCUT2D eigenvalue weighted by Gasteiger charge is 2.06. The van der Waals surface area contributed by atoms with Gasteiger partial charge < -0.3 is 14.5 Å². The Hall–Kier alpha value is -0.800. The van der Waals surface area contributed by atoms with E-state index in [1.54, 1.807) is 0 Å². The number of ether oxygens (including phenoxy) is 1. The lowest BCUT2D eigenvalue weighted by atomic mass is 10.2. The van der Waals surface area contributed by atoms with Crippen molar-refractivity contribution in [1.29, 1.82) is 0 Å². The molecule has 1 rings (SSSR count). The van der Waals surface area contributed by atoms with Gasteiger partial charge >= 0.3 is 0 Å². The fourth-order valence-electron chi connectivity index (χ4n) is 1.70. The number of rotatable bonds is 9. The van der Waals surface area contributed by atoms with Crippen LogP contribution in [-0.2, 0) is 17.9 Å². The summed E-state index contributed by atoms with van der Waals surface area (Å²) in [6, 6.07) is 2.10. The van der Waals surface area contributed by atoms with Gasteiger partial charge in [-0.2, -0.15) is 0 Å². The first-order valence-electron chi connectivity index (χ1n) is 6.64. The molecule has 0 radical (unpaired) electrons. The fourth-order valence-corrected chi connectivity index (χ4v) is 1.70. The molecule has 0 aliphatic heterocycles. The van der Waals surface area contributed by atoms with Crippen LogP contribution in [0.2, 0.25) is 0 Å². The number of unbranched alkanes of at least 4 members (excludes halogenated alkanes) is 2. The van der Waals surface area contributed by atoms with Gasteiger partial charge in [0, 0.05) is 12.2 Å². The molecule has 1 aromatic rings. The minimum atomic E-state index is 0.672. The van der Waals surface area contributed by atoms with Gasteiger partial charge in [0.1, 0.15) is 11.5 Å². The molecule has 0 atom stereocenters. The Bertz CT molecular complexity index is 307. The molecule has 0 aromatic carbocycles. The smallest absolute Gasteiger partial charge is 0.118 e. The Morgan fingerprint density at radius 2 is 2.12 bits per heavy atom. The van der Waals surface area contributed by atoms with Crippen molar-refractivity contribution >= 4 is 0 Å². The SMILES string of the molecule is CCCCCOCc1cc(CNCC)oc1C. The zero-order valence-corrected chi connectivity index (χ0v) is 11.3. The second kappa shape index (κ2) is 8.31. The topological polar surface area (TPSA) is 34.4 Å². The molecule has 0 bridgehead atoms. The maximum Gasteiger partial charge on any atom is 0.118 e. The summed E-state index contributed by atoms with van der Waals surface area (Å²) >= 11 is 0. The normalized spacial score (nSPS) is 11.0. The molecule has 0 aliphatic carbocycles. The first kappa shape index (κ1) is 14.3. The average Bonchev–Trinajstić information content (AvgIpc) is 2.67. The van der Waals surface area contributed by atoms with Gasteiger partial charge in [-0.3, -0.25) is 0 Å². The summed E-state index contributed by atoms with van der Waals surface area (Å²) in [5.41, 5.74) is 1.18. The van der Waals surface area contributed by atoms with Gasteiger partial charge in [-0.05, 0) is 26.0 Å². The largest absolute Gasteiger partial charge is 0.465 e. The lowest BCUT2D eigenvalue weighted by molar-refractivity contribution is 0.116. The molecule has 1 heterocycles. The van der Waals surface area contributed by atoms with Gasteiger partial charge in [0.2, 0.25) is 0 Å². The number of hydrogen-bond acceptors (Lipinski definition) is 3. The van der Waals surface area contributed by atoms with E-state index in [1.807, 2.05) is 6.92 Å². The first-order valence-corrected chi connectivity index (χ1v) is 6.64. The van der Waals surface area contributed by atoms with E-state index >= 15 is 0 Å². The summed E-state index contributed by atoms with van der Waals surface area (Å²) in [5, 5.41) is 3.25. The third-order valence-corrected chi connectivity index (χ3v) is 2.77. The van der Waals surface area contributed by atoms with Crippen LogP contribution < -0.4 is 5.32 Å². The van der Waals surface area contributed by atoms with Crippen molar-refractivity contribution in [1.82, 2.24) is 5.32 Å². The molecule has 0 unspecified atom stereocenters. The second-order valence-corrected chi connectivity index (χ2v) is 4.33. The Kier molecular flexibility index (Phi) is 6.97. The van der Waals surface area contributed by atoms with Crippen LogP contribution in [0.4, 0.5) is 0 Å². The number of hydrogen-bond donors (Lipinski definition) is 1. The molecule has 98 valence electrons. The first-order chi connectivity index (χ1) is 8.27. The van der Waals surface area contributed by atoms with Gasteiger partial charge in [-0.25, -0.2) is 0 Å². The lowest BCUT2D eigenvalue weighted by Crippen LogP contribution is -2.10.